The van der Waals surface area contributed by atoms with Crippen molar-refractivity contribution in [1.82, 2.24) is 10.5 Å². The maximum atomic E-state index is 11.9. The fourth-order valence-corrected chi connectivity index (χ4v) is 2.98. The molecule has 0 bridgehead atoms. The lowest BCUT2D eigenvalue weighted by molar-refractivity contribution is 0.0947. The Kier molecular flexibility index (Phi) is 4.83. The number of aromatic nitrogens is 1. The number of nitrogens with one attached hydrogen (secondary N) is 1. The van der Waals surface area contributed by atoms with Gasteiger partial charge >= 0.3 is 0 Å². The highest BCUT2D eigenvalue weighted by Gasteiger charge is 2.28. The third-order valence-corrected chi connectivity index (χ3v) is 4.69. The molecule has 1 fully saturated rings. The summed E-state index contributed by atoms with van der Waals surface area (Å²) in [6, 6.07) is 10.3. The standard InChI is InChI=1S/C17H20N2O2S/c1-12-2-4-13(5-3-12)11-22-9-8-18-17(20)15-10-16(21-19-15)14-6-7-14/h2-5,10,14H,6-9,11H2,1H3,(H,18,20). The summed E-state index contributed by atoms with van der Waals surface area (Å²) in [5.74, 6) is 3.03. The fourth-order valence-electron chi connectivity index (χ4n) is 2.16. The Morgan fingerprint density at radius 3 is 2.86 bits per heavy atom. The molecule has 1 heterocycles. The van der Waals surface area contributed by atoms with Crippen molar-refractivity contribution < 1.29 is 9.32 Å². The van der Waals surface area contributed by atoms with Crippen LogP contribution in [0, 0.1) is 6.92 Å². The molecule has 1 amide bonds. The molecule has 1 aromatic heterocycles. The molecular formula is C17H20N2O2S. The molecule has 1 N–H and O–H groups in total. The molecule has 5 heteroatoms. The zero-order valence-corrected chi connectivity index (χ0v) is 13.5. The molecule has 0 spiro atoms. The molecule has 0 saturated heterocycles. The van der Waals surface area contributed by atoms with Crippen LogP contribution in [-0.4, -0.2) is 23.4 Å². The molecule has 4 nitrogen and oxygen atoms in total. The van der Waals surface area contributed by atoms with Crippen molar-refractivity contribution >= 4 is 17.7 Å². The van der Waals surface area contributed by atoms with Crippen LogP contribution in [0.5, 0.6) is 0 Å². The van der Waals surface area contributed by atoms with E-state index in [1.54, 1.807) is 6.07 Å². The van der Waals surface area contributed by atoms with E-state index in [4.69, 9.17) is 4.52 Å². The van der Waals surface area contributed by atoms with E-state index in [0.717, 1.165) is 30.1 Å². The topological polar surface area (TPSA) is 55.1 Å². The third-order valence-electron chi connectivity index (χ3n) is 3.66. The quantitative estimate of drug-likeness (QED) is 0.794. The molecule has 1 saturated carbocycles. The molecular weight excluding hydrogens is 296 g/mol. The number of hydrogen-bond acceptors (Lipinski definition) is 4. The van der Waals surface area contributed by atoms with Crippen molar-refractivity contribution in [2.24, 2.45) is 0 Å². The predicted octanol–water partition coefficient (Wildman–Crippen LogP) is 3.52. The van der Waals surface area contributed by atoms with Crippen LogP contribution in [0.25, 0.3) is 0 Å². The van der Waals surface area contributed by atoms with E-state index in [1.165, 1.54) is 11.1 Å². The maximum absolute atomic E-state index is 11.9. The minimum Gasteiger partial charge on any atom is -0.360 e. The van der Waals surface area contributed by atoms with Crippen LogP contribution in [0.3, 0.4) is 0 Å². The molecule has 0 radical (unpaired) electrons. The van der Waals surface area contributed by atoms with E-state index in [0.29, 0.717) is 18.2 Å². The summed E-state index contributed by atoms with van der Waals surface area (Å²) in [7, 11) is 0. The monoisotopic (exact) mass is 316 g/mol. The smallest absolute Gasteiger partial charge is 0.273 e. The summed E-state index contributed by atoms with van der Waals surface area (Å²) in [6.45, 7) is 2.73. The van der Waals surface area contributed by atoms with E-state index >= 15 is 0 Å². The first-order valence-corrected chi connectivity index (χ1v) is 8.76. The first kappa shape index (κ1) is 15.2. The average Bonchev–Trinajstić information content (AvgIpc) is 3.26. The number of hydrogen-bond donors (Lipinski definition) is 1. The van der Waals surface area contributed by atoms with Crippen LogP contribution < -0.4 is 5.32 Å². The molecule has 0 aliphatic heterocycles. The summed E-state index contributed by atoms with van der Waals surface area (Å²) in [5, 5.41) is 6.72. The highest BCUT2D eigenvalue weighted by Crippen LogP contribution is 2.40. The van der Waals surface area contributed by atoms with E-state index in [2.05, 4.69) is 41.7 Å². The van der Waals surface area contributed by atoms with Gasteiger partial charge in [0.2, 0.25) is 0 Å². The number of carbonyl (C=O) groups excluding carboxylic acids is 1. The highest BCUT2D eigenvalue weighted by atomic mass is 32.2. The Bertz CT molecular complexity index is 632. The van der Waals surface area contributed by atoms with Gasteiger partial charge in [0.15, 0.2) is 5.69 Å². The van der Waals surface area contributed by atoms with Crippen molar-refractivity contribution in [2.45, 2.75) is 31.4 Å². The van der Waals surface area contributed by atoms with Gasteiger partial charge in [-0.25, -0.2) is 0 Å². The first-order valence-electron chi connectivity index (χ1n) is 7.60. The van der Waals surface area contributed by atoms with Gasteiger partial charge in [-0.3, -0.25) is 4.79 Å². The largest absolute Gasteiger partial charge is 0.360 e. The molecule has 116 valence electrons. The average molecular weight is 316 g/mol. The van der Waals surface area contributed by atoms with E-state index in [1.807, 2.05) is 11.8 Å². The molecule has 1 aliphatic rings. The zero-order chi connectivity index (χ0) is 15.4. The lowest BCUT2D eigenvalue weighted by Gasteiger charge is -2.04. The van der Waals surface area contributed by atoms with Crippen LogP contribution in [-0.2, 0) is 5.75 Å². The van der Waals surface area contributed by atoms with Crippen molar-refractivity contribution in [1.29, 1.82) is 0 Å². The molecule has 22 heavy (non-hydrogen) atoms. The number of nitrogens with zero attached hydrogens (tertiary/aromatic N) is 1. The Morgan fingerprint density at radius 2 is 2.14 bits per heavy atom. The second-order valence-electron chi connectivity index (χ2n) is 5.68. The SMILES string of the molecule is Cc1ccc(CSCCNC(=O)c2cc(C3CC3)on2)cc1. The van der Waals surface area contributed by atoms with Gasteiger partial charge < -0.3 is 9.84 Å². The van der Waals surface area contributed by atoms with E-state index in [9.17, 15) is 4.79 Å². The number of carbonyl (C=O) groups is 1. The van der Waals surface area contributed by atoms with Gasteiger partial charge in [-0.2, -0.15) is 11.8 Å². The van der Waals surface area contributed by atoms with Crippen molar-refractivity contribution in [2.75, 3.05) is 12.3 Å². The van der Waals surface area contributed by atoms with Crippen LogP contribution in [0.2, 0.25) is 0 Å². The van der Waals surface area contributed by atoms with Crippen LogP contribution in [0.1, 0.15) is 46.1 Å². The molecule has 2 aromatic rings. The Hall–Kier alpha value is -1.75. The van der Waals surface area contributed by atoms with Crippen molar-refractivity contribution in [3.63, 3.8) is 0 Å². The fraction of sp³-hybridized carbons (Fsp3) is 0.412. The van der Waals surface area contributed by atoms with Gasteiger partial charge in [0, 0.05) is 30.0 Å². The molecule has 0 atom stereocenters. The number of thioether (sulfide) groups is 1. The molecule has 1 aromatic carbocycles. The van der Waals surface area contributed by atoms with Gasteiger partial charge in [-0.15, -0.1) is 0 Å². The summed E-state index contributed by atoms with van der Waals surface area (Å²) in [5.41, 5.74) is 2.98. The Labute approximate surface area is 134 Å². The predicted molar refractivity (Wildman–Crippen MR) is 88.2 cm³/mol. The van der Waals surface area contributed by atoms with Gasteiger partial charge in [-0.1, -0.05) is 35.0 Å². The minimum absolute atomic E-state index is 0.147. The van der Waals surface area contributed by atoms with Gasteiger partial charge in [0.1, 0.15) is 5.76 Å². The second kappa shape index (κ2) is 7.01. The third kappa shape index (κ3) is 4.13. The van der Waals surface area contributed by atoms with Crippen LogP contribution in [0.4, 0.5) is 0 Å². The van der Waals surface area contributed by atoms with Gasteiger partial charge in [0.25, 0.3) is 5.91 Å². The molecule has 1 aliphatic carbocycles. The zero-order valence-electron chi connectivity index (χ0n) is 12.7. The summed E-state index contributed by atoms with van der Waals surface area (Å²) < 4.78 is 5.19. The molecule has 0 unspecified atom stereocenters. The summed E-state index contributed by atoms with van der Waals surface area (Å²) in [4.78, 5) is 11.9. The lowest BCUT2D eigenvalue weighted by atomic mass is 10.2. The number of benzene rings is 1. The summed E-state index contributed by atoms with van der Waals surface area (Å²) in [6.07, 6.45) is 2.29. The minimum atomic E-state index is -0.147. The molecule has 3 rings (SSSR count). The van der Waals surface area contributed by atoms with Crippen LogP contribution >= 0.6 is 11.8 Å². The Morgan fingerprint density at radius 1 is 1.36 bits per heavy atom. The van der Waals surface area contributed by atoms with E-state index in [-0.39, 0.29) is 5.91 Å². The second-order valence-corrected chi connectivity index (χ2v) is 6.79. The normalized spacial score (nSPS) is 14.0. The van der Waals surface area contributed by atoms with Crippen molar-refractivity contribution in [3.05, 3.63) is 52.9 Å². The number of aryl methyl sites for hydroxylation is 1. The first-order chi connectivity index (χ1) is 10.7. The van der Waals surface area contributed by atoms with Gasteiger partial charge in [-0.05, 0) is 25.3 Å². The van der Waals surface area contributed by atoms with Crippen LogP contribution in [0.15, 0.2) is 34.9 Å². The lowest BCUT2D eigenvalue weighted by Crippen LogP contribution is -2.26. The maximum Gasteiger partial charge on any atom is 0.273 e. The van der Waals surface area contributed by atoms with Crippen molar-refractivity contribution in [3.8, 4) is 0 Å². The van der Waals surface area contributed by atoms with Gasteiger partial charge in [0.05, 0.1) is 0 Å². The summed E-state index contributed by atoms with van der Waals surface area (Å²) >= 11 is 1.81. The number of rotatable bonds is 7. The number of amides is 1. The Balaban J connectivity index is 1.35. The van der Waals surface area contributed by atoms with E-state index < -0.39 is 0 Å². The highest BCUT2D eigenvalue weighted by molar-refractivity contribution is 7.98.